The van der Waals surface area contributed by atoms with Crippen LogP contribution in [0.15, 0.2) is 84.9 Å². The monoisotopic (exact) mass is 512 g/mol. The number of anilines is 3. The Morgan fingerprint density at radius 3 is 2.00 bits per heavy atom. The SMILES string of the molecule is CC(C)N1NC(C)N(c2ccc(N3CCN(C(C(=O)Nc4ccccc4)c4ccccc4)CC3)cc2)C1=O. The molecular weight excluding hydrogens is 476 g/mol. The number of carbonyl (C=O) groups is 2. The van der Waals surface area contributed by atoms with Gasteiger partial charge in [0.25, 0.3) is 0 Å². The summed E-state index contributed by atoms with van der Waals surface area (Å²) in [7, 11) is 0. The van der Waals surface area contributed by atoms with Crippen molar-refractivity contribution in [1.29, 1.82) is 0 Å². The Hall–Kier alpha value is -3.88. The van der Waals surface area contributed by atoms with E-state index in [1.165, 1.54) is 0 Å². The van der Waals surface area contributed by atoms with Crippen molar-refractivity contribution in [2.24, 2.45) is 0 Å². The Balaban J connectivity index is 1.26. The summed E-state index contributed by atoms with van der Waals surface area (Å²) >= 11 is 0. The summed E-state index contributed by atoms with van der Waals surface area (Å²) in [5.74, 6) is -0.0198. The predicted molar refractivity (Wildman–Crippen MR) is 152 cm³/mol. The molecule has 0 spiro atoms. The van der Waals surface area contributed by atoms with Crippen LogP contribution in [0.5, 0.6) is 0 Å². The van der Waals surface area contributed by atoms with Crippen molar-refractivity contribution in [3.8, 4) is 0 Å². The van der Waals surface area contributed by atoms with Gasteiger partial charge in [0.15, 0.2) is 0 Å². The lowest BCUT2D eigenvalue weighted by Crippen LogP contribution is -2.50. The van der Waals surface area contributed by atoms with Crippen LogP contribution in [0.4, 0.5) is 21.9 Å². The summed E-state index contributed by atoms with van der Waals surface area (Å²) in [6.07, 6.45) is -0.101. The number of hydrazine groups is 1. The van der Waals surface area contributed by atoms with Crippen molar-refractivity contribution in [1.82, 2.24) is 15.3 Å². The van der Waals surface area contributed by atoms with Gasteiger partial charge in [0.1, 0.15) is 12.2 Å². The van der Waals surface area contributed by atoms with Gasteiger partial charge in [-0.3, -0.25) is 19.6 Å². The average molecular weight is 513 g/mol. The second-order valence-corrected chi connectivity index (χ2v) is 10.1. The van der Waals surface area contributed by atoms with E-state index in [-0.39, 0.29) is 30.2 Å². The third-order valence-corrected chi connectivity index (χ3v) is 7.22. The first-order valence-electron chi connectivity index (χ1n) is 13.3. The zero-order valence-electron chi connectivity index (χ0n) is 22.2. The molecular formula is C30H36N6O2. The van der Waals surface area contributed by atoms with Gasteiger partial charge in [-0.15, -0.1) is 0 Å². The third kappa shape index (κ3) is 5.37. The van der Waals surface area contributed by atoms with E-state index in [0.29, 0.717) is 0 Å². The van der Waals surface area contributed by atoms with Crippen LogP contribution < -0.4 is 20.5 Å². The fourth-order valence-corrected chi connectivity index (χ4v) is 5.26. The van der Waals surface area contributed by atoms with Crippen LogP contribution in [0.25, 0.3) is 0 Å². The van der Waals surface area contributed by atoms with Gasteiger partial charge >= 0.3 is 6.03 Å². The summed E-state index contributed by atoms with van der Waals surface area (Å²) in [4.78, 5) is 32.7. The minimum Gasteiger partial charge on any atom is -0.369 e. The number of para-hydroxylation sites is 1. The predicted octanol–water partition coefficient (Wildman–Crippen LogP) is 4.69. The zero-order valence-corrected chi connectivity index (χ0v) is 22.2. The van der Waals surface area contributed by atoms with E-state index in [1.54, 1.807) is 9.91 Å². The molecule has 2 aliphatic rings. The fourth-order valence-electron chi connectivity index (χ4n) is 5.26. The number of hydrogen-bond donors (Lipinski definition) is 2. The number of nitrogens with one attached hydrogen (secondary N) is 2. The van der Waals surface area contributed by atoms with E-state index in [4.69, 9.17) is 0 Å². The Kier molecular flexibility index (Phi) is 7.62. The van der Waals surface area contributed by atoms with Gasteiger partial charge in [0.2, 0.25) is 5.91 Å². The second-order valence-electron chi connectivity index (χ2n) is 10.1. The molecule has 0 aliphatic carbocycles. The molecule has 8 heteroatoms. The summed E-state index contributed by atoms with van der Waals surface area (Å²) in [5.41, 5.74) is 7.03. The Morgan fingerprint density at radius 2 is 1.42 bits per heavy atom. The molecule has 2 saturated heterocycles. The molecule has 0 aromatic heterocycles. The number of carbonyl (C=O) groups excluding carboxylic acids is 2. The lowest BCUT2D eigenvalue weighted by molar-refractivity contribution is -0.121. The van der Waals surface area contributed by atoms with Crippen molar-refractivity contribution in [3.05, 3.63) is 90.5 Å². The minimum absolute atomic E-state index is 0.0198. The van der Waals surface area contributed by atoms with Gasteiger partial charge in [-0.05, 0) is 62.7 Å². The maximum absolute atomic E-state index is 13.4. The summed E-state index contributed by atoms with van der Waals surface area (Å²) in [6, 6.07) is 27.5. The molecule has 2 N–H and O–H groups in total. The average Bonchev–Trinajstić information content (AvgIpc) is 3.24. The second kappa shape index (κ2) is 11.2. The molecule has 3 aromatic carbocycles. The zero-order chi connectivity index (χ0) is 26.6. The van der Waals surface area contributed by atoms with Crippen LogP contribution in [0, 0.1) is 0 Å². The van der Waals surface area contributed by atoms with Crippen molar-refractivity contribution < 1.29 is 9.59 Å². The topological polar surface area (TPSA) is 71.2 Å². The number of benzene rings is 3. The third-order valence-electron chi connectivity index (χ3n) is 7.22. The molecule has 2 heterocycles. The molecule has 2 atom stereocenters. The van der Waals surface area contributed by atoms with E-state index >= 15 is 0 Å². The first-order valence-corrected chi connectivity index (χ1v) is 13.3. The highest BCUT2D eigenvalue weighted by molar-refractivity contribution is 5.96. The molecule has 2 aliphatic heterocycles. The Bertz CT molecular complexity index is 1230. The van der Waals surface area contributed by atoms with Crippen molar-refractivity contribution in [2.45, 2.75) is 39.0 Å². The molecule has 38 heavy (non-hydrogen) atoms. The summed E-state index contributed by atoms with van der Waals surface area (Å²) in [5, 5.41) is 4.77. The molecule has 3 aromatic rings. The van der Waals surface area contributed by atoms with Crippen LogP contribution in [0.2, 0.25) is 0 Å². The van der Waals surface area contributed by atoms with E-state index in [1.807, 2.05) is 93.6 Å². The molecule has 0 bridgehead atoms. The smallest absolute Gasteiger partial charge is 0.340 e. The van der Waals surface area contributed by atoms with E-state index in [0.717, 1.165) is 48.8 Å². The molecule has 2 fully saturated rings. The molecule has 0 radical (unpaired) electrons. The van der Waals surface area contributed by atoms with Gasteiger partial charge < -0.3 is 10.2 Å². The van der Waals surface area contributed by atoms with Crippen molar-refractivity contribution in [3.63, 3.8) is 0 Å². The quantitative estimate of drug-likeness (QED) is 0.481. The number of piperazine rings is 1. The van der Waals surface area contributed by atoms with Crippen LogP contribution in [-0.2, 0) is 4.79 Å². The largest absolute Gasteiger partial charge is 0.369 e. The van der Waals surface area contributed by atoms with Crippen molar-refractivity contribution >= 4 is 29.0 Å². The lowest BCUT2D eigenvalue weighted by atomic mass is 10.0. The van der Waals surface area contributed by atoms with Gasteiger partial charge in [-0.1, -0.05) is 48.5 Å². The van der Waals surface area contributed by atoms with Gasteiger partial charge in [0, 0.05) is 49.3 Å². The van der Waals surface area contributed by atoms with E-state index in [2.05, 4.69) is 32.7 Å². The summed E-state index contributed by atoms with van der Waals surface area (Å²) < 4.78 is 0. The van der Waals surface area contributed by atoms with Crippen LogP contribution >= 0.6 is 0 Å². The highest BCUT2D eigenvalue weighted by Gasteiger charge is 2.37. The Morgan fingerprint density at radius 1 is 0.842 bits per heavy atom. The number of amides is 3. The highest BCUT2D eigenvalue weighted by Crippen LogP contribution is 2.29. The first-order chi connectivity index (χ1) is 18.4. The van der Waals surface area contributed by atoms with Crippen LogP contribution in [-0.4, -0.2) is 60.2 Å². The molecule has 2 unspecified atom stereocenters. The molecule has 8 nitrogen and oxygen atoms in total. The standard InChI is InChI=1S/C30H36N6O2/c1-22(2)36-30(38)35(23(3)32-36)27-16-14-26(15-17-27)33-18-20-34(21-19-33)28(24-10-6-4-7-11-24)29(37)31-25-12-8-5-9-13-25/h4-17,22-23,28,32H,18-21H2,1-3H3,(H,31,37). The molecule has 0 saturated carbocycles. The van der Waals surface area contributed by atoms with Gasteiger partial charge in [-0.2, -0.15) is 0 Å². The lowest BCUT2D eigenvalue weighted by Gasteiger charge is -2.40. The summed E-state index contributed by atoms with van der Waals surface area (Å²) in [6.45, 7) is 9.13. The number of nitrogens with zero attached hydrogens (tertiary/aromatic N) is 4. The number of rotatable bonds is 7. The first kappa shape index (κ1) is 25.8. The minimum atomic E-state index is -0.361. The normalized spacial score (nSPS) is 19.2. The fraction of sp³-hybridized carbons (Fsp3) is 0.333. The number of urea groups is 1. The molecule has 5 rings (SSSR count). The van der Waals surface area contributed by atoms with E-state index in [9.17, 15) is 9.59 Å². The molecule has 3 amide bonds. The maximum Gasteiger partial charge on any atom is 0.340 e. The van der Waals surface area contributed by atoms with Crippen LogP contribution in [0.3, 0.4) is 0 Å². The maximum atomic E-state index is 13.4. The van der Waals surface area contributed by atoms with Gasteiger partial charge in [-0.25, -0.2) is 10.2 Å². The molecule has 198 valence electrons. The van der Waals surface area contributed by atoms with Gasteiger partial charge in [0.05, 0.1) is 0 Å². The van der Waals surface area contributed by atoms with Crippen LogP contribution in [0.1, 0.15) is 32.4 Å². The van der Waals surface area contributed by atoms with E-state index < -0.39 is 0 Å². The Labute approximate surface area is 224 Å². The highest BCUT2D eigenvalue weighted by atomic mass is 16.2. The number of hydrogen-bond acceptors (Lipinski definition) is 5. The van der Waals surface area contributed by atoms with Crippen molar-refractivity contribution in [2.75, 3.05) is 41.3 Å².